The summed E-state index contributed by atoms with van der Waals surface area (Å²) in [5.41, 5.74) is 0.389. The van der Waals surface area contributed by atoms with Crippen LogP contribution < -0.4 is 15.5 Å². The van der Waals surface area contributed by atoms with E-state index in [1.165, 1.54) is 12.3 Å². The van der Waals surface area contributed by atoms with Gasteiger partial charge in [0.25, 0.3) is 5.91 Å². The van der Waals surface area contributed by atoms with Gasteiger partial charge in [0.15, 0.2) is 22.2 Å². The summed E-state index contributed by atoms with van der Waals surface area (Å²) in [7, 11) is -3.03. The van der Waals surface area contributed by atoms with Gasteiger partial charge in [0.05, 0.1) is 11.5 Å². The molecule has 1 amide bonds. The van der Waals surface area contributed by atoms with Gasteiger partial charge in [-0.25, -0.2) is 8.42 Å². The number of ether oxygens (including phenoxy) is 1. The average molecular weight is 300 g/mol. The molecule has 20 heavy (non-hydrogen) atoms. The Labute approximate surface area is 116 Å². The summed E-state index contributed by atoms with van der Waals surface area (Å²) in [5, 5.41) is 2.58. The first kappa shape index (κ1) is 14.6. The molecule has 2 heterocycles. The van der Waals surface area contributed by atoms with E-state index in [4.69, 9.17) is 4.74 Å². The molecule has 0 aromatic carbocycles. The molecule has 8 heteroatoms. The molecule has 1 aliphatic rings. The SMILES string of the molecule is Cc1cc(=O)c(OCC(=O)N[C@@H]2CCS(=O)(=O)C2)c[nH]1. The highest BCUT2D eigenvalue weighted by Crippen LogP contribution is 2.11. The van der Waals surface area contributed by atoms with Crippen molar-refractivity contribution in [1.29, 1.82) is 0 Å². The first-order chi connectivity index (χ1) is 9.35. The molecule has 2 N–H and O–H groups in total. The fraction of sp³-hybridized carbons (Fsp3) is 0.500. The summed E-state index contributed by atoms with van der Waals surface area (Å²) in [6.07, 6.45) is 1.81. The van der Waals surface area contributed by atoms with Gasteiger partial charge in [-0.15, -0.1) is 0 Å². The second-order valence-electron chi connectivity index (χ2n) is 4.80. The third-order valence-electron chi connectivity index (χ3n) is 2.98. The van der Waals surface area contributed by atoms with Crippen LogP contribution in [0.3, 0.4) is 0 Å². The molecule has 0 spiro atoms. The summed E-state index contributed by atoms with van der Waals surface area (Å²) >= 11 is 0. The van der Waals surface area contributed by atoms with Crippen molar-refractivity contribution in [2.45, 2.75) is 19.4 Å². The zero-order chi connectivity index (χ0) is 14.8. The number of aromatic amines is 1. The van der Waals surface area contributed by atoms with Gasteiger partial charge >= 0.3 is 0 Å². The van der Waals surface area contributed by atoms with E-state index in [2.05, 4.69) is 10.3 Å². The van der Waals surface area contributed by atoms with Crippen molar-refractivity contribution in [2.75, 3.05) is 18.1 Å². The highest BCUT2D eigenvalue weighted by molar-refractivity contribution is 7.91. The third-order valence-corrected chi connectivity index (χ3v) is 4.75. The molecule has 0 unspecified atom stereocenters. The van der Waals surface area contributed by atoms with E-state index in [1.807, 2.05) is 0 Å². The summed E-state index contributed by atoms with van der Waals surface area (Å²) in [5.74, 6) is -0.322. The Morgan fingerprint density at radius 1 is 1.55 bits per heavy atom. The third kappa shape index (κ3) is 3.83. The predicted molar refractivity (Wildman–Crippen MR) is 72.5 cm³/mol. The van der Waals surface area contributed by atoms with Crippen LogP contribution >= 0.6 is 0 Å². The van der Waals surface area contributed by atoms with Crippen molar-refractivity contribution in [3.05, 3.63) is 28.2 Å². The van der Waals surface area contributed by atoms with E-state index in [0.29, 0.717) is 12.1 Å². The lowest BCUT2D eigenvalue weighted by molar-refractivity contribution is -0.123. The van der Waals surface area contributed by atoms with Gasteiger partial charge in [0, 0.05) is 24.0 Å². The monoisotopic (exact) mass is 300 g/mol. The van der Waals surface area contributed by atoms with E-state index < -0.39 is 15.7 Å². The lowest BCUT2D eigenvalue weighted by Gasteiger charge is -2.11. The van der Waals surface area contributed by atoms with Gasteiger partial charge < -0.3 is 15.0 Å². The Bertz CT molecular complexity index is 665. The Morgan fingerprint density at radius 3 is 2.90 bits per heavy atom. The molecule has 1 fully saturated rings. The number of amides is 1. The van der Waals surface area contributed by atoms with Crippen LogP contribution in [0.1, 0.15) is 12.1 Å². The summed E-state index contributed by atoms with van der Waals surface area (Å²) in [6, 6.07) is 1.00. The Kier molecular flexibility index (Phi) is 4.12. The second kappa shape index (κ2) is 5.66. The largest absolute Gasteiger partial charge is 0.478 e. The molecule has 0 bridgehead atoms. The molecule has 1 saturated heterocycles. The van der Waals surface area contributed by atoms with Gasteiger partial charge in [-0.1, -0.05) is 0 Å². The maximum Gasteiger partial charge on any atom is 0.258 e. The van der Waals surface area contributed by atoms with Crippen LogP contribution in [-0.2, 0) is 14.6 Å². The quantitative estimate of drug-likeness (QED) is 0.770. The van der Waals surface area contributed by atoms with Crippen molar-refractivity contribution < 1.29 is 17.9 Å². The van der Waals surface area contributed by atoms with Crippen molar-refractivity contribution in [1.82, 2.24) is 10.3 Å². The number of hydrogen-bond acceptors (Lipinski definition) is 5. The number of aromatic nitrogens is 1. The van der Waals surface area contributed by atoms with Crippen molar-refractivity contribution in [3.8, 4) is 5.75 Å². The van der Waals surface area contributed by atoms with E-state index in [9.17, 15) is 18.0 Å². The number of pyridine rings is 1. The van der Waals surface area contributed by atoms with Crippen LogP contribution in [0.4, 0.5) is 0 Å². The number of rotatable bonds is 4. The van der Waals surface area contributed by atoms with Crippen molar-refractivity contribution >= 4 is 15.7 Å². The van der Waals surface area contributed by atoms with Gasteiger partial charge in [-0.3, -0.25) is 9.59 Å². The molecule has 1 aromatic heterocycles. The maximum atomic E-state index is 11.6. The highest BCUT2D eigenvalue weighted by Gasteiger charge is 2.28. The van der Waals surface area contributed by atoms with Crippen molar-refractivity contribution in [3.63, 3.8) is 0 Å². The summed E-state index contributed by atoms with van der Waals surface area (Å²) < 4.78 is 27.6. The van der Waals surface area contributed by atoms with Crippen LogP contribution in [0.15, 0.2) is 17.1 Å². The molecule has 1 atom stereocenters. The topological polar surface area (TPSA) is 105 Å². The van der Waals surface area contributed by atoms with Gasteiger partial charge in [-0.05, 0) is 13.3 Å². The number of H-pyrrole nitrogens is 1. The number of aryl methyl sites for hydroxylation is 1. The molecule has 1 aromatic rings. The standard InChI is InChI=1S/C12H16N2O5S/c1-8-4-10(15)11(5-13-8)19-6-12(16)14-9-2-3-20(17,18)7-9/h4-5,9H,2-3,6-7H2,1H3,(H,13,15)(H,14,16)/t9-/m1/s1. The number of nitrogens with one attached hydrogen (secondary N) is 2. The van der Waals surface area contributed by atoms with Crippen LogP contribution in [0.5, 0.6) is 5.75 Å². The molecule has 0 radical (unpaired) electrons. The predicted octanol–water partition coefficient (Wildman–Crippen LogP) is -0.635. The first-order valence-corrected chi connectivity index (χ1v) is 8.00. The number of hydrogen-bond donors (Lipinski definition) is 2. The van der Waals surface area contributed by atoms with Crippen molar-refractivity contribution in [2.24, 2.45) is 0 Å². The number of sulfone groups is 1. The maximum absolute atomic E-state index is 11.6. The normalized spacial score (nSPS) is 20.6. The Hall–Kier alpha value is -1.83. The molecule has 7 nitrogen and oxygen atoms in total. The van der Waals surface area contributed by atoms with Crippen LogP contribution in [0.25, 0.3) is 0 Å². The Balaban J connectivity index is 1.85. The summed E-state index contributed by atoms with van der Waals surface area (Å²) in [4.78, 5) is 26.0. The highest BCUT2D eigenvalue weighted by atomic mass is 32.2. The molecule has 0 saturated carbocycles. The molecule has 2 rings (SSSR count). The smallest absolute Gasteiger partial charge is 0.258 e. The van der Waals surface area contributed by atoms with Gasteiger partial charge in [0.2, 0.25) is 5.43 Å². The fourth-order valence-corrected chi connectivity index (χ4v) is 3.67. The number of carbonyl (C=O) groups excluding carboxylic acids is 1. The minimum Gasteiger partial charge on any atom is -0.478 e. The molecule has 0 aliphatic carbocycles. The first-order valence-electron chi connectivity index (χ1n) is 6.18. The minimum atomic E-state index is -3.03. The van der Waals surface area contributed by atoms with E-state index >= 15 is 0 Å². The van der Waals surface area contributed by atoms with E-state index in [-0.39, 0.29) is 35.3 Å². The molecular formula is C12H16N2O5S. The van der Waals surface area contributed by atoms with Crippen LogP contribution in [0.2, 0.25) is 0 Å². The van der Waals surface area contributed by atoms with Gasteiger partial charge in [0.1, 0.15) is 0 Å². The summed E-state index contributed by atoms with van der Waals surface area (Å²) in [6.45, 7) is 1.42. The minimum absolute atomic E-state index is 0.0378. The van der Waals surface area contributed by atoms with Crippen LogP contribution in [0, 0.1) is 6.92 Å². The molecule has 1 aliphatic heterocycles. The lowest BCUT2D eigenvalue weighted by atomic mass is 10.2. The second-order valence-corrected chi connectivity index (χ2v) is 7.03. The lowest BCUT2D eigenvalue weighted by Crippen LogP contribution is -2.38. The van der Waals surface area contributed by atoms with E-state index in [0.717, 1.165) is 0 Å². The zero-order valence-corrected chi connectivity index (χ0v) is 11.8. The molecule has 110 valence electrons. The molecular weight excluding hydrogens is 284 g/mol. The van der Waals surface area contributed by atoms with Gasteiger partial charge in [-0.2, -0.15) is 0 Å². The van der Waals surface area contributed by atoms with E-state index in [1.54, 1.807) is 6.92 Å². The van der Waals surface area contributed by atoms with Crippen LogP contribution in [-0.4, -0.2) is 43.5 Å². The fourth-order valence-electron chi connectivity index (χ4n) is 1.99. The zero-order valence-electron chi connectivity index (χ0n) is 11.0. The average Bonchev–Trinajstić information content (AvgIpc) is 2.67. The number of carbonyl (C=O) groups is 1. The Morgan fingerprint density at radius 2 is 2.30 bits per heavy atom.